The summed E-state index contributed by atoms with van der Waals surface area (Å²) in [6.45, 7) is 1.92. The molecule has 2 N–H and O–H groups in total. The van der Waals surface area contributed by atoms with Gasteiger partial charge in [0.25, 0.3) is 0 Å². The summed E-state index contributed by atoms with van der Waals surface area (Å²) in [5.74, 6) is 0.987. The molecule has 20 heavy (non-hydrogen) atoms. The van der Waals surface area contributed by atoms with Gasteiger partial charge in [0.05, 0.1) is 14.2 Å². The van der Waals surface area contributed by atoms with Crippen LogP contribution in [0.5, 0.6) is 11.5 Å². The van der Waals surface area contributed by atoms with Crippen LogP contribution in [0, 0.1) is 6.92 Å². The number of carbonyl (C=O) groups excluding carboxylic acids is 1. The van der Waals surface area contributed by atoms with Gasteiger partial charge in [0.15, 0.2) is 5.78 Å². The summed E-state index contributed by atoms with van der Waals surface area (Å²) in [5.41, 5.74) is 8.30. The highest BCUT2D eigenvalue weighted by atomic mass is 16.5. The predicted molar refractivity (Wildman–Crippen MR) is 78.6 cm³/mol. The van der Waals surface area contributed by atoms with E-state index in [1.165, 1.54) is 0 Å². The molecule has 104 valence electrons. The largest absolute Gasteiger partial charge is 0.497 e. The quantitative estimate of drug-likeness (QED) is 0.686. The predicted octanol–water partition coefficient (Wildman–Crippen LogP) is 2.83. The Balaban J connectivity index is 2.50. The summed E-state index contributed by atoms with van der Waals surface area (Å²) in [6.07, 6.45) is 0. The monoisotopic (exact) mass is 271 g/mol. The highest BCUT2D eigenvalue weighted by Gasteiger charge is 2.15. The fraction of sp³-hybridized carbons (Fsp3) is 0.188. The minimum Gasteiger partial charge on any atom is -0.497 e. The van der Waals surface area contributed by atoms with E-state index in [-0.39, 0.29) is 5.78 Å². The summed E-state index contributed by atoms with van der Waals surface area (Å²) in [5, 5.41) is 0. The summed E-state index contributed by atoms with van der Waals surface area (Å²) < 4.78 is 10.3. The molecule has 0 aliphatic rings. The Morgan fingerprint density at radius 3 is 2.15 bits per heavy atom. The maximum absolute atomic E-state index is 12.6. The van der Waals surface area contributed by atoms with Gasteiger partial charge in [-0.25, -0.2) is 0 Å². The van der Waals surface area contributed by atoms with E-state index >= 15 is 0 Å². The average molecular weight is 271 g/mol. The van der Waals surface area contributed by atoms with E-state index in [4.69, 9.17) is 15.2 Å². The first kappa shape index (κ1) is 13.9. The van der Waals surface area contributed by atoms with E-state index in [9.17, 15) is 4.79 Å². The van der Waals surface area contributed by atoms with Crippen LogP contribution in [-0.2, 0) is 0 Å². The van der Waals surface area contributed by atoms with Crippen molar-refractivity contribution in [2.24, 2.45) is 0 Å². The molecule has 0 unspecified atom stereocenters. The molecule has 2 rings (SSSR count). The van der Waals surface area contributed by atoms with Crippen LogP contribution in [-0.4, -0.2) is 20.0 Å². The molecular weight excluding hydrogens is 254 g/mol. The standard InChI is InChI=1S/C16H17NO3/c1-10-4-5-15(17)14(6-10)16(18)11-7-12(19-2)9-13(8-11)20-3/h4-9H,17H2,1-3H3. The third-order valence-electron chi connectivity index (χ3n) is 3.07. The molecule has 2 aromatic carbocycles. The van der Waals surface area contributed by atoms with Crippen LogP contribution in [0.15, 0.2) is 36.4 Å². The molecule has 0 aliphatic heterocycles. The van der Waals surface area contributed by atoms with Gasteiger partial charge in [-0.1, -0.05) is 11.6 Å². The third kappa shape index (κ3) is 2.74. The number of anilines is 1. The molecular formula is C16H17NO3. The number of nitrogens with two attached hydrogens (primary N) is 1. The zero-order valence-corrected chi connectivity index (χ0v) is 11.8. The van der Waals surface area contributed by atoms with Crippen molar-refractivity contribution in [1.82, 2.24) is 0 Å². The summed E-state index contributed by atoms with van der Waals surface area (Å²) in [4.78, 5) is 12.6. The SMILES string of the molecule is COc1cc(OC)cc(C(=O)c2cc(C)ccc2N)c1. The highest BCUT2D eigenvalue weighted by molar-refractivity contribution is 6.12. The molecule has 0 atom stereocenters. The first-order chi connectivity index (χ1) is 9.55. The second kappa shape index (κ2) is 5.65. The zero-order valence-electron chi connectivity index (χ0n) is 11.8. The Hall–Kier alpha value is -2.49. The molecule has 0 saturated heterocycles. The van der Waals surface area contributed by atoms with Crippen molar-refractivity contribution >= 4 is 11.5 Å². The van der Waals surface area contributed by atoms with E-state index in [0.717, 1.165) is 5.56 Å². The van der Waals surface area contributed by atoms with Crippen LogP contribution in [0.2, 0.25) is 0 Å². The molecule has 0 fully saturated rings. The van der Waals surface area contributed by atoms with Crippen LogP contribution < -0.4 is 15.2 Å². The van der Waals surface area contributed by atoms with Crippen LogP contribution in [0.25, 0.3) is 0 Å². The number of ether oxygens (including phenoxy) is 2. The second-order valence-electron chi connectivity index (χ2n) is 4.52. The van der Waals surface area contributed by atoms with Gasteiger partial charge in [0.2, 0.25) is 0 Å². The first-order valence-corrected chi connectivity index (χ1v) is 6.19. The van der Waals surface area contributed by atoms with Gasteiger partial charge >= 0.3 is 0 Å². The van der Waals surface area contributed by atoms with E-state index in [1.54, 1.807) is 44.6 Å². The van der Waals surface area contributed by atoms with E-state index in [1.807, 2.05) is 13.0 Å². The summed E-state index contributed by atoms with van der Waals surface area (Å²) in [7, 11) is 3.09. The van der Waals surface area contributed by atoms with Crippen molar-refractivity contribution < 1.29 is 14.3 Å². The number of benzene rings is 2. The van der Waals surface area contributed by atoms with Gasteiger partial charge in [0.1, 0.15) is 11.5 Å². The fourth-order valence-electron chi connectivity index (χ4n) is 1.96. The molecule has 4 nitrogen and oxygen atoms in total. The second-order valence-corrected chi connectivity index (χ2v) is 4.52. The van der Waals surface area contributed by atoms with Crippen molar-refractivity contribution in [2.45, 2.75) is 6.92 Å². The average Bonchev–Trinajstić information content (AvgIpc) is 2.48. The fourth-order valence-corrected chi connectivity index (χ4v) is 1.96. The summed E-state index contributed by atoms with van der Waals surface area (Å²) in [6, 6.07) is 10.5. The molecule has 0 amide bonds. The van der Waals surface area contributed by atoms with Crippen molar-refractivity contribution in [3.8, 4) is 11.5 Å². The molecule has 0 aliphatic carbocycles. The molecule has 0 saturated carbocycles. The number of hydrogen-bond acceptors (Lipinski definition) is 4. The van der Waals surface area contributed by atoms with Crippen molar-refractivity contribution in [1.29, 1.82) is 0 Å². The van der Waals surface area contributed by atoms with Crippen LogP contribution in [0.1, 0.15) is 21.5 Å². The lowest BCUT2D eigenvalue weighted by Gasteiger charge is -2.10. The summed E-state index contributed by atoms with van der Waals surface area (Å²) >= 11 is 0. The first-order valence-electron chi connectivity index (χ1n) is 6.19. The van der Waals surface area contributed by atoms with E-state index in [2.05, 4.69) is 0 Å². The van der Waals surface area contributed by atoms with Gasteiger partial charge in [-0.05, 0) is 31.2 Å². The Kier molecular flexibility index (Phi) is 3.94. The molecule has 0 aromatic heterocycles. The van der Waals surface area contributed by atoms with Crippen molar-refractivity contribution in [3.63, 3.8) is 0 Å². The number of methoxy groups -OCH3 is 2. The number of carbonyl (C=O) groups is 1. The third-order valence-corrected chi connectivity index (χ3v) is 3.07. The Labute approximate surface area is 118 Å². The van der Waals surface area contributed by atoms with Gasteiger partial charge < -0.3 is 15.2 Å². The lowest BCUT2D eigenvalue weighted by Crippen LogP contribution is -2.06. The molecule has 0 heterocycles. The van der Waals surface area contributed by atoms with Gasteiger partial charge in [-0.3, -0.25) is 4.79 Å². The highest BCUT2D eigenvalue weighted by Crippen LogP contribution is 2.26. The maximum atomic E-state index is 12.6. The van der Waals surface area contributed by atoms with Gasteiger partial charge in [0, 0.05) is 22.9 Å². The zero-order chi connectivity index (χ0) is 14.7. The molecule has 0 radical (unpaired) electrons. The lowest BCUT2D eigenvalue weighted by atomic mass is 9.99. The lowest BCUT2D eigenvalue weighted by molar-refractivity contribution is 0.103. The van der Waals surface area contributed by atoms with Gasteiger partial charge in [-0.2, -0.15) is 0 Å². The number of hydrogen-bond donors (Lipinski definition) is 1. The maximum Gasteiger partial charge on any atom is 0.195 e. The molecule has 0 spiro atoms. The number of rotatable bonds is 4. The van der Waals surface area contributed by atoms with Crippen LogP contribution in [0.4, 0.5) is 5.69 Å². The van der Waals surface area contributed by atoms with Crippen LogP contribution >= 0.6 is 0 Å². The molecule has 2 aromatic rings. The molecule has 4 heteroatoms. The minimum absolute atomic E-state index is 0.150. The van der Waals surface area contributed by atoms with E-state index in [0.29, 0.717) is 28.3 Å². The van der Waals surface area contributed by atoms with Crippen molar-refractivity contribution in [2.75, 3.05) is 20.0 Å². The number of nitrogen functional groups attached to an aromatic ring is 1. The smallest absolute Gasteiger partial charge is 0.195 e. The Morgan fingerprint density at radius 2 is 1.60 bits per heavy atom. The molecule has 0 bridgehead atoms. The van der Waals surface area contributed by atoms with Crippen molar-refractivity contribution in [3.05, 3.63) is 53.1 Å². The van der Waals surface area contributed by atoms with Crippen LogP contribution in [0.3, 0.4) is 0 Å². The van der Waals surface area contributed by atoms with Gasteiger partial charge in [-0.15, -0.1) is 0 Å². The Bertz CT molecular complexity index is 628. The number of aryl methyl sites for hydroxylation is 1. The topological polar surface area (TPSA) is 61.5 Å². The Morgan fingerprint density at radius 1 is 1.00 bits per heavy atom. The number of ketones is 1. The minimum atomic E-state index is -0.150. The normalized spacial score (nSPS) is 10.2. The van der Waals surface area contributed by atoms with E-state index < -0.39 is 0 Å².